The molecule has 0 radical (unpaired) electrons. The fourth-order valence-corrected chi connectivity index (χ4v) is 2.75. The van der Waals surface area contributed by atoms with E-state index in [1.54, 1.807) is 6.92 Å². The Balaban J connectivity index is 1.93. The number of hydrogen-bond donors (Lipinski definition) is 3. The number of hydrogen-bond acceptors (Lipinski definition) is 2. The Morgan fingerprint density at radius 1 is 1.38 bits per heavy atom. The minimum Gasteiger partial charge on any atom is -0.388 e. The Labute approximate surface area is 125 Å². The maximum absolute atomic E-state index is 12.1. The standard InChI is InChI=1S/C17H24N2O2/c1-12(2)9-17(3,21)11-19-16(20)8-13-10-18-15-7-5-4-6-14(13)15/h4-7,10,12,18,21H,8-9,11H2,1-3H3,(H,19,20). The number of para-hydroxylation sites is 1. The van der Waals surface area contributed by atoms with Crippen LogP contribution in [0.25, 0.3) is 10.9 Å². The van der Waals surface area contributed by atoms with Crippen molar-refractivity contribution < 1.29 is 9.90 Å². The first kappa shape index (κ1) is 15.6. The minimum atomic E-state index is -0.857. The van der Waals surface area contributed by atoms with Gasteiger partial charge in [0.05, 0.1) is 12.0 Å². The Morgan fingerprint density at radius 2 is 2.10 bits per heavy atom. The molecule has 0 saturated heterocycles. The van der Waals surface area contributed by atoms with Crippen molar-refractivity contribution in [1.82, 2.24) is 10.3 Å². The van der Waals surface area contributed by atoms with Gasteiger partial charge in [-0.3, -0.25) is 4.79 Å². The van der Waals surface area contributed by atoms with Crippen molar-refractivity contribution in [3.63, 3.8) is 0 Å². The molecule has 2 aromatic rings. The third kappa shape index (κ3) is 4.33. The zero-order chi connectivity index (χ0) is 15.5. The SMILES string of the molecule is CC(C)CC(C)(O)CNC(=O)Cc1c[nH]c2ccccc12. The van der Waals surface area contributed by atoms with Crippen LogP contribution < -0.4 is 5.32 Å². The van der Waals surface area contributed by atoms with Gasteiger partial charge in [0, 0.05) is 23.6 Å². The lowest BCUT2D eigenvalue weighted by molar-refractivity contribution is -0.121. The summed E-state index contributed by atoms with van der Waals surface area (Å²) in [7, 11) is 0. The molecule has 4 heteroatoms. The Kier molecular flexibility index (Phi) is 4.68. The second kappa shape index (κ2) is 6.31. The van der Waals surface area contributed by atoms with E-state index in [4.69, 9.17) is 0 Å². The van der Waals surface area contributed by atoms with E-state index in [0.29, 0.717) is 18.8 Å². The topological polar surface area (TPSA) is 65.1 Å². The number of amides is 1. The fraction of sp³-hybridized carbons (Fsp3) is 0.471. The molecule has 21 heavy (non-hydrogen) atoms. The van der Waals surface area contributed by atoms with Gasteiger partial charge in [-0.15, -0.1) is 0 Å². The molecule has 0 aliphatic rings. The van der Waals surface area contributed by atoms with Crippen molar-refractivity contribution in [2.24, 2.45) is 5.92 Å². The zero-order valence-electron chi connectivity index (χ0n) is 12.9. The maximum atomic E-state index is 12.1. The normalized spacial score (nSPS) is 14.3. The Morgan fingerprint density at radius 3 is 2.81 bits per heavy atom. The molecule has 1 aromatic carbocycles. The highest BCUT2D eigenvalue weighted by molar-refractivity contribution is 5.88. The second-order valence-corrected chi connectivity index (χ2v) is 6.41. The molecule has 2 rings (SSSR count). The van der Waals surface area contributed by atoms with Gasteiger partial charge >= 0.3 is 0 Å². The molecular weight excluding hydrogens is 264 g/mol. The second-order valence-electron chi connectivity index (χ2n) is 6.41. The summed E-state index contributed by atoms with van der Waals surface area (Å²) in [6.45, 7) is 6.16. The number of aromatic amines is 1. The molecule has 0 fully saturated rings. The molecule has 0 saturated carbocycles. The van der Waals surface area contributed by atoms with Gasteiger partial charge < -0.3 is 15.4 Å². The molecule has 0 aliphatic carbocycles. The molecule has 1 heterocycles. The summed E-state index contributed by atoms with van der Waals surface area (Å²) in [6.07, 6.45) is 2.86. The molecule has 4 nitrogen and oxygen atoms in total. The molecule has 0 aliphatic heterocycles. The highest BCUT2D eigenvalue weighted by atomic mass is 16.3. The third-order valence-corrected chi connectivity index (χ3v) is 3.54. The number of nitrogens with one attached hydrogen (secondary N) is 2. The summed E-state index contributed by atoms with van der Waals surface area (Å²) in [6, 6.07) is 7.92. The summed E-state index contributed by atoms with van der Waals surface area (Å²) >= 11 is 0. The first-order chi connectivity index (χ1) is 9.87. The molecule has 1 aromatic heterocycles. The van der Waals surface area contributed by atoms with Crippen LogP contribution in [0.3, 0.4) is 0 Å². The van der Waals surface area contributed by atoms with Crippen molar-refractivity contribution in [2.75, 3.05) is 6.54 Å². The average Bonchev–Trinajstić information content (AvgIpc) is 2.79. The van der Waals surface area contributed by atoms with Crippen LogP contribution in [0.1, 0.15) is 32.8 Å². The average molecular weight is 288 g/mol. The van der Waals surface area contributed by atoms with Crippen molar-refractivity contribution in [3.05, 3.63) is 36.0 Å². The van der Waals surface area contributed by atoms with Crippen LogP contribution in [0.15, 0.2) is 30.5 Å². The Hall–Kier alpha value is -1.81. The summed E-state index contributed by atoms with van der Waals surface area (Å²) in [5, 5.41) is 14.1. The van der Waals surface area contributed by atoms with E-state index >= 15 is 0 Å². The fourth-order valence-electron chi connectivity index (χ4n) is 2.75. The van der Waals surface area contributed by atoms with Crippen LogP contribution in [0, 0.1) is 5.92 Å². The van der Waals surface area contributed by atoms with Gasteiger partial charge in [0.15, 0.2) is 0 Å². The summed E-state index contributed by atoms with van der Waals surface area (Å²) in [4.78, 5) is 15.2. The Bertz CT molecular complexity index is 614. The predicted molar refractivity (Wildman–Crippen MR) is 85.1 cm³/mol. The number of rotatable bonds is 6. The summed E-state index contributed by atoms with van der Waals surface area (Å²) < 4.78 is 0. The summed E-state index contributed by atoms with van der Waals surface area (Å²) in [5.74, 6) is 0.328. The van der Waals surface area contributed by atoms with E-state index in [1.807, 2.05) is 30.5 Å². The first-order valence-electron chi connectivity index (χ1n) is 7.41. The lowest BCUT2D eigenvalue weighted by Gasteiger charge is -2.25. The number of H-pyrrole nitrogens is 1. The van der Waals surface area contributed by atoms with Crippen LogP contribution in [0.2, 0.25) is 0 Å². The first-order valence-corrected chi connectivity index (χ1v) is 7.41. The van der Waals surface area contributed by atoms with E-state index < -0.39 is 5.60 Å². The van der Waals surface area contributed by atoms with E-state index in [9.17, 15) is 9.90 Å². The van der Waals surface area contributed by atoms with Crippen LogP contribution in [0.4, 0.5) is 0 Å². The quantitative estimate of drug-likeness (QED) is 0.765. The molecule has 114 valence electrons. The zero-order valence-corrected chi connectivity index (χ0v) is 12.9. The van der Waals surface area contributed by atoms with Crippen molar-refractivity contribution in [1.29, 1.82) is 0 Å². The van der Waals surface area contributed by atoms with Gasteiger partial charge in [0.1, 0.15) is 0 Å². The number of aromatic nitrogens is 1. The number of aliphatic hydroxyl groups is 1. The van der Waals surface area contributed by atoms with Crippen LogP contribution >= 0.6 is 0 Å². The van der Waals surface area contributed by atoms with E-state index in [2.05, 4.69) is 24.1 Å². The van der Waals surface area contributed by atoms with Crippen molar-refractivity contribution in [3.8, 4) is 0 Å². The number of carbonyl (C=O) groups is 1. The number of fused-ring (bicyclic) bond motifs is 1. The minimum absolute atomic E-state index is 0.0659. The van der Waals surface area contributed by atoms with E-state index in [0.717, 1.165) is 16.5 Å². The highest BCUT2D eigenvalue weighted by Crippen LogP contribution is 2.18. The third-order valence-electron chi connectivity index (χ3n) is 3.54. The smallest absolute Gasteiger partial charge is 0.224 e. The van der Waals surface area contributed by atoms with Gasteiger partial charge in [-0.2, -0.15) is 0 Å². The molecule has 0 spiro atoms. The lowest BCUT2D eigenvalue weighted by Crippen LogP contribution is -2.42. The van der Waals surface area contributed by atoms with Gasteiger partial charge in [0.25, 0.3) is 0 Å². The van der Waals surface area contributed by atoms with Crippen molar-refractivity contribution in [2.45, 2.75) is 39.2 Å². The summed E-state index contributed by atoms with van der Waals surface area (Å²) in [5.41, 5.74) is 1.16. The van der Waals surface area contributed by atoms with Gasteiger partial charge in [0.2, 0.25) is 5.91 Å². The maximum Gasteiger partial charge on any atom is 0.224 e. The largest absolute Gasteiger partial charge is 0.388 e. The molecule has 1 amide bonds. The monoisotopic (exact) mass is 288 g/mol. The van der Waals surface area contributed by atoms with Crippen LogP contribution in [-0.2, 0) is 11.2 Å². The van der Waals surface area contributed by atoms with E-state index in [-0.39, 0.29) is 12.5 Å². The van der Waals surface area contributed by atoms with E-state index in [1.165, 1.54) is 0 Å². The lowest BCUT2D eigenvalue weighted by atomic mass is 9.94. The molecular formula is C17H24N2O2. The molecule has 3 N–H and O–H groups in total. The number of carbonyl (C=O) groups excluding carboxylic acids is 1. The van der Waals surface area contributed by atoms with Gasteiger partial charge in [-0.1, -0.05) is 32.0 Å². The van der Waals surface area contributed by atoms with Crippen molar-refractivity contribution >= 4 is 16.8 Å². The molecule has 1 atom stereocenters. The predicted octanol–water partition coefficient (Wildman–Crippen LogP) is 2.62. The number of benzene rings is 1. The highest BCUT2D eigenvalue weighted by Gasteiger charge is 2.22. The molecule has 0 bridgehead atoms. The van der Waals surface area contributed by atoms with Crippen LogP contribution in [0.5, 0.6) is 0 Å². The van der Waals surface area contributed by atoms with Crippen LogP contribution in [-0.4, -0.2) is 28.1 Å². The molecule has 1 unspecified atom stereocenters. The van der Waals surface area contributed by atoms with Gasteiger partial charge in [-0.25, -0.2) is 0 Å². The van der Waals surface area contributed by atoms with Gasteiger partial charge in [-0.05, 0) is 30.9 Å².